The van der Waals surface area contributed by atoms with Crippen molar-refractivity contribution in [1.29, 1.82) is 0 Å². The summed E-state index contributed by atoms with van der Waals surface area (Å²) in [5.41, 5.74) is 0. The normalized spacial score (nSPS) is 10.7. The van der Waals surface area contributed by atoms with E-state index in [4.69, 9.17) is 24.4 Å². The molecule has 0 amide bonds. The Labute approximate surface area is 164 Å². The van der Waals surface area contributed by atoms with Gasteiger partial charge in [0.25, 0.3) is 0 Å². The molecule has 0 heterocycles. The van der Waals surface area contributed by atoms with Crippen LogP contribution in [0.2, 0.25) is 0 Å². The van der Waals surface area contributed by atoms with E-state index in [0.29, 0.717) is 0 Å². The maximum absolute atomic E-state index is 5.69. The molecule has 0 bridgehead atoms. The Bertz CT molecular complexity index is 464. The van der Waals surface area contributed by atoms with Crippen LogP contribution in [-0.2, 0) is 0 Å². The molecule has 23 heavy (non-hydrogen) atoms. The van der Waals surface area contributed by atoms with Gasteiger partial charge in [0.05, 0.1) is 0 Å². The molecular formula is C16H25N2S4Sb. The topological polar surface area (TPSA) is 6.48 Å². The molecule has 1 aromatic carbocycles. The van der Waals surface area contributed by atoms with Crippen LogP contribution in [0.4, 0.5) is 0 Å². The zero-order valence-electron chi connectivity index (χ0n) is 14.2. The molecule has 1 rings (SSSR count). The molecule has 0 atom stereocenters. The molecule has 0 radical (unpaired) electrons. The van der Waals surface area contributed by atoms with Crippen molar-refractivity contribution in [3.05, 3.63) is 30.3 Å². The van der Waals surface area contributed by atoms with Gasteiger partial charge >= 0.3 is 166 Å². The molecule has 1 aromatic rings. The Morgan fingerprint density at radius 1 is 0.826 bits per heavy atom. The molecule has 0 aliphatic carbocycles. The van der Waals surface area contributed by atoms with Gasteiger partial charge in [-0.1, -0.05) is 0 Å². The van der Waals surface area contributed by atoms with E-state index in [2.05, 4.69) is 67.8 Å². The third kappa shape index (κ3) is 7.11. The van der Waals surface area contributed by atoms with Crippen molar-refractivity contribution in [2.75, 3.05) is 26.2 Å². The van der Waals surface area contributed by atoms with Crippen molar-refractivity contribution in [1.82, 2.24) is 9.80 Å². The summed E-state index contributed by atoms with van der Waals surface area (Å²) < 4.78 is 3.49. The monoisotopic (exact) mass is 494 g/mol. The maximum atomic E-state index is 5.69. The fourth-order valence-corrected chi connectivity index (χ4v) is 21.5. The second kappa shape index (κ2) is 12.0. The molecule has 128 valence electrons. The van der Waals surface area contributed by atoms with Crippen molar-refractivity contribution in [3.63, 3.8) is 0 Å². The van der Waals surface area contributed by atoms with Gasteiger partial charge in [0.15, 0.2) is 0 Å². The van der Waals surface area contributed by atoms with Gasteiger partial charge in [-0.15, -0.1) is 0 Å². The van der Waals surface area contributed by atoms with Crippen LogP contribution >= 0.6 is 42.1 Å². The van der Waals surface area contributed by atoms with Crippen molar-refractivity contribution in [2.45, 2.75) is 27.7 Å². The first-order valence-corrected chi connectivity index (χ1v) is 17.7. The van der Waals surface area contributed by atoms with Gasteiger partial charge in [-0.2, -0.15) is 0 Å². The second-order valence-corrected chi connectivity index (χ2v) is 19.6. The molecule has 0 saturated carbocycles. The van der Waals surface area contributed by atoms with Gasteiger partial charge in [-0.25, -0.2) is 0 Å². The molecule has 0 unspecified atom stereocenters. The van der Waals surface area contributed by atoms with Crippen molar-refractivity contribution < 1.29 is 0 Å². The van der Waals surface area contributed by atoms with Crippen LogP contribution in [0.25, 0.3) is 0 Å². The zero-order chi connectivity index (χ0) is 17.2. The van der Waals surface area contributed by atoms with Crippen LogP contribution in [-0.4, -0.2) is 62.0 Å². The molecule has 0 spiro atoms. The minimum atomic E-state index is -1.92. The molecule has 2 nitrogen and oxygen atoms in total. The Morgan fingerprint density at radius 3 is 1.57 bits per heavy atom. The van der Waals surface area contributed by atoms with E-state index in [1.165, 1.54) is 3.51 Å². The van der Waals surface area contributed by atoms with E-state index in [9.17, 15) is 0 Å². The number of nitrogens with zero attached hydrogens (tertiary/aromatic N) is 2. The van der Waals surface area contributed by atoms with E-state index >= 15 is 0 Å². The van der Waals surface area contributed by atoms with Crippen molar-refractivity contribution in [3.8, 4) is 0 Å². The standard InChI is InChI=1S/C6H5.2C5H11NS2.Sb/c1-2-4-6-5-3-1;2*1-3-6(4-2)5(7)8;/h1-5H;2*3-4H2,1-2H3,(H,7,8);/q;;;+2/p-2. The molecule has 0 aliphatic rings. The summed E-state index contributed by atoms with van der Waals surface area (Å²) in [4.78, 5) is 4.53. The first kappa shape index (κ1) is 21.6. The number of hydrogen-bond acceptors (Lipinski definition) is 4. The Kier molecular flexibility index (Phi) is 11.2. The van der Waals surface area contributed by atoms with Gasteiger partial charge in [0.2, 0.25) is 0 Å². The Morgan fingerprint density at radius 2 is 1.22 bits per heavy atom. The van der Waals surface area contributed by atoms with Gasteiger partial charge in [0.1, 0.15) is 0 Å². The molecule has 0 N–H and O–H groups in total. The third-order valence-corrected chi connectivity index (χ3v) is 21.4. The van der Waals surface area contributed by atoms with E-state index in [-0.39, 0.29) is 0 Å². The van der Waals surface area contributed by atoms with Crippen molar-refractivity contribution >= 4 is 71.7 Å². The molecule has 0 aliphatic heterocycles. The second-order valence-electron chi connectivity index (χ2n) is 4.65. The van der Waals surface area contributed by atoms with Gasteiger partial charge in [-0.3, -0.25) is 0 Å². The van der Waals surface area contributed by atoms with Crippen LogP contribution in [0.1, 0.15) is 27.7 Å². The predicted octanol–water partition coefficient (Wildman–Crippen LogP) is 4.10. The van der Waals surface area contributed by atoms with Crippen LogP contribution in [0, 0.1) is 0 Å². The molecule has 0 aromatic heterocycles. The summed E-state index contributed by atoms with van der Waals surface area (Å²) in [7, 11) is 3.82. The number of benzene rings is 1. The first-order chi connectivity index (χ1) is 11.1. The van der Waals surface area contributed by atoms with E-state index < -0.39 is 17.4 Å². The van der Waals surface area contributed by atoms with E-state index in [1.807, 2.05) is 17.7 Å². The fraction of sp³-hybridized carbons (Fsp3) is 0.500. The number of thiocarbonyl (C=S) groups is 2. The van der Waals surface area contributed by atoms with Gasteiger partial charge in [0, 0.05) is 0 Å². The summed E-state index contributed by atoms with van der Waals surface area (Å²) in [5, 5.41) is 0. The number of rotatable bonds is 7. The molecule has 0 saturated heterocycles. The molecule has 0 fully saturated rings. The van der Waals surface area contributed by atoms with Crippen LogP contribution in [0.15, 0.2) is 30.3 Å². The zero-order valence-corrected chi connectivity index (χ0v) is 20.0. The molecule has 7 heteroatoms. The van der Waals surface area contributed by atoms with Gasteiger partial charge in [-0.05, 0) is 0 Å². The SMILES string of the molecule is CCN(CC)C(=S)[S][Sb]([S]C(=S)N(CC)CC)[c]1ccccc1. The summed E-state index contributed by atoms with van der Waals surface area (Å²) in [5.74, 6) is 0. The molecular weight excluding hydrogens is 470 g/mol. The van der Waals surface area contributed by atoms with E-state index in [1.54, 1.807) is 0 Å². The number of hydrogen-bond donors (Lipinski definition) is 0. The Balaban J connectivity index is 2.90. The summed E-state index contributed by atoms with van der Waals surface area (Å²) >= 11 is 9.46. The minimum absolute atomic E-state index is 0.969. The predicted molar refractivity (Wildman–Crippen MR) is 118 cm³/mol. The van der Waals surface area contributed by atoms with Crippen LogP contribution in [0.5, 0.6) is 0 Å². The third-order valence-electron chi connectivity index (χ3n) is 3.33. The fourth-order valence-electron chi connectivity index (χ4n) is 1.89. The van der Waals surface area contributed by atoms with E-state index in [0.717, 1.165) is 34.8 Å². The summed E-state index contributed by atoms with van der Waals surface area (Å²) in [6.07, 6.45) is 0. The first-order valence-electron chi connectivity index (χ1n) is 7.86. The average molecular weight is 495 g/mol. The van der Waals surface area contributed by atoms with Gasteiger partial charge < -0.3 is 0 Å². The quantitative estimate of drug-likeness (QED) is 0.412. The van der Waals surface area contributed by atoms with Crippen molar-refractivity contribution in [2.24, 2.45) is 0 Å². The average Bonchev–Trinajstić information content (AvgIpc) is 2.57. The Hall–Kier alpha value is 0.518. The van der Waals surface area contributed by atoms with Crippen LogP contribution in [0.3, 0.4) is 0 Å². The summed E-state index contributed by atoms with van der Waals surface area (Å²) in [6.45, 7) is 12.5. The van der Waals surface area contributed by atoms with Crippen LogP contribution < -0.4 is 3.51 Å². The summed E-state index contributed by atoms with van der Waals surface area (Å²) in [6, 6.07) is 10.8.